The predicted octanol–water partition coefficient (Wildman–Crippen LogP) is 6.28. The molecule has 2 aromatic carbocycles. The van der Waals surface area contributed by atoms with E-state index < -0.39 is 12.2 Å². The van der Waals surface area contributed by atoms with Gasteiger partial charge in [0, 0.05) is 41.9 Å². The minimum Gasteiger partial charge on any atom is -0.493 e. The van der Waals surface area contributed by atoms with E-state index in [1.165, 1.54) is 0 Å². The lowest BCUT2D eigenvalue weighted by atomic mass is 9.93. The number of aromatic nitrogens is 1. The third kappa shape index (κ3) is 6.23. The van der Waals surface area contributed by atoms with Crippen molar-refractivity contribution in [1.82, 2.24) is 9.47 Å². The zero-order valence-corrected chi connectivity index (χ0v) is 24.6. The highest BCUT2D eigenvalue weighted by Crippen LogP contribution is 2.46. The molecule has 41 heavy (non-hydrogen) atoms. The number of benzene rings is 2. The number of methoxy groups -OCH3 is 1. The Morgan fingerprint density at radius 2 is 1.80 bits per heavy atom. The van der Waals surface area contributed by atoms with E-state index in [1.807, 2.05) is 73.5 Å². The molecule has 1 fully saturated rings. The monoisotopic (exact) mass is 580 g/mol. The van der Waals surface area contributed by atoms with Crippen molar-refractivity contribution in [3.8, 4) is 17.2 Å². The Kier molecular flexibility index (Phi) is 9.20. The molecule has 2 aliphatic heterocycles. The number of ether oxygens (including phenoxy) is 4. The quantitative estimate of drug-likeness (QED) is 0.277. The van der Waals surface area contributed by atoms with Gasteiger partial charge < -0.3 is 28.4 Å². The number of esters is 1. The number of fused-ring (bicyclic) bond motifs is 3. The maximum absolute atomic E-state index is 13.7. The number of carbonyl (C=O) groups is 2. The largest absolute Gasteiger partial charge is 0.493 e. The summed E-state index contributed by atoms with van der Waals surface area (Å²) in [5, 5.41) is 0.590. The van der Waals surface area contributed by atoms with Crippen LogP contribution in [0, 0.1) is 5.92 Å². The zero-order valence-electron chi connectivity index (χ0n) is 23.8. The first-order valence-electron chi connectivity index (χ1n) is 14.3. The number of hydrogen-bond acceptors (Lipinski definition) is 6. The molecule has 0 aliphatic carbocycles. The summed E-state index contributed by atoms with van der Waals surface area (Å²) in [4.78, 5) is 27.5. The maximum Gasteiger partial charge on any atom is 0.306 e. The molecule has 3 heterocycles. The number of nitrogens with zero attached hydrogens (tertiary/aromatic N) is 2. The molecule has 2 aliphatic rings. The smallest absolute Gasteiger partial charge is 0.306 e. The third-order valence-corrected chi connectivity index (χ3v) is 8.07. The normalized spacial score (nSPS) is 18.7. The summed E-state index contributed by atoms with van der Waals surface area (Å²) >= 11 is 6.52. The SMILES string of the molecule is CCOC(=O)CC1CCN(C(=O)CC2OC(c3cccc(OC)c3OCC)c3cc(Cl)ccc3-n3cccc32)CC1. The van der Waals surface area contributed by atoms with Crippen LogP contribution in [0.2, 0.25) is 5.02 Å². The highest BCUT2D eigenvalue weighted by atomic mass is 35.5. The van der Waals surface area contributed by atoms with Gasteiger partial charge in [-0.05, 0) is 69.0 Å². The van der Waals surface area contributed by atoms with Crippen LogP contribution in [0.5, 0.6) is 11.5 Å². The minimum absolute atomic E-state index is 0.0238. The molecule has 218 valence electrons. The van der Waals surface area contributed by atoms with Crippen LogP contribution in [0.3, 0.4) is 0 Å². The van der Waals surface area contributed by atoms with Gasteiger partial charge in [0.15, 0.2) is 11.5 Å². The lowest BCUT2D eigenvalue weighted by Crippen LogP contribution is -2.39. The number of amides is 1. The van der Waals surface area contributed by atoms with Gasteiger partial charge in [-0.2, -0.15) is 0 Å². The van der Waals surface area contributed by atoms with Crippen molar-refractivity contribution in [3.05, 3.63) is 76.6 Å². The van der Waals surface area contributed by atoms with Gasteiger partial charge in [0.25, 0.3) is 0 Å². The van der Waals surface area contributed by atoms with Gasteiger partial charge in [-0.25, -0.2) is 0 Å². The number of halogens is 1. The molecule has 5 rings (SSSR count). The Labute approximate surface area is 246 Å². The Balaban J connectivity index is 1.44. The molecule has 0 spiro atoms. The number of likely N-dealkylation sites (tertiary alicyclic amines) is 1. The second kappa shape index (κ2) is 13.0. The van der Waals surface area contributed by atoms with Crippen molar-refractivity contribution in [2.24, 2.45) is 5.92 Å². The van der Waals surface area contributed by atoms with Crippen LogP contribution in [0.4, 0.5) is 0 Å². The molecule has 1 aromatic heterocycles. The Morgan fingerprint density at radius 3 is 2.54 bits per heavy atom. The average Bonchev–Trinajstić information content (AvgIpc) is 3.41. The van der Waals surface area contributed by atoms with Crippen LogP contribution in [0.25, 0.3) is 5.69 Å². The Morgan fingerprint density at radius 1 is 1.00 bits per heavy atom. The van der Waals surface area contributed by atoms with Crippen molar-refractivity contribution in [2.75, 3.05) is 33.4 Å². The summed E-state index contributed by atoms with van der Waals surface area (Å²) in [5.41, 5.74) is 3.50. The number of piperidine rings is 1. The van der Waals surface area contributed by atoms with E-state index in [-0.39, 0.29) is 24.2 Å². The minimum atomic E-state index is -0.562. The average molecular weight is 581 g/mol. The van der Waals surface area contributed by atoms with Crippen molar-refractivity contribution < 1.29 is 28.5 Å². The van der Waals surface area contributed by atoms with Crippen molar-refractivity contribution in [3.63, 3.8) is 0 Å². The fourth-order valence-electron chi connectivity index (χ4n) is 5.86. The maximum atomic E-state index is 13.7. The molecular weight excluding hydrogens is 544 g/mol. The molecule has 1 amide bonds. The number of para-hydroxylation sites is 1. The van der Waals surface area contributed by atoms with E-state index >= 15 is 0 Å². The van der Waals surface area contributed by atoms with Gasteiger partial charge >= 0.3 is 5.97 Å². The second-order valence-corrected chi connectivity index (χ2v) is 10.8. The van der Waals surface area contributed by atoms with E-state index in [2.05, 4.69) is 4.57 Å². The third-order valence-electron chi connectivity index (χ3n) is 7.83. The molecule has 0 bridgehead atoms. The molecule has 8 nitrogen and oxygen atoms in total. The summed E-state index contributed by atoms with van der Waals surface area (Å²) in [6, 6.07) is 15.5. The summed E-state index contributed by atoms with van der Waals surface area (Å²) in [6.07, 6.45) is 3.04. The number of carbonyl (C=O) groups excluding carboxylic acids is 2. The molecule has 9 heteroatoms. The molecule has 0 N–H and O–H groups in total. The molecule has 0 radical (unpaired) electrons. The first kappa shape index (κ1) is 29.0. The standard InChI is InChI=1S/C32H37ClN2O6/c1-4-39-30(37)18-21-13-16-34(17-14-21)29(36)20-28-26-9-7-15-35(26)25-12-11-22(33)19-24(25)31(41-28)23-8-6-10-27(38-3)32(23)40-5-2/h6-12,15,19,21,28,31H,4-5,13-14,16-18,20H2,1-3H3. The lowest BCUT2D eigenvalue weighted by molar-refractivity contribution is -0.144. The first-order chi connectivity index (χ1) is 19.9. The predicted molar refractivity (Wildman–Crippen MR) is 156 cm³/mol. The molecule has 2 atom stereocenters. The zero-order chi connectivity index (χ0) is 28.9. The van der Waals surface area contributed by atoms with Crippen LogP contribution >= 0.6 is 11.6 Å². The van der Waals surface area contributed by atoms with Gasteiger partial charge in [-0.1, -0.05) is 23.7 Å². The Bertz CT molecular complexity index is 1380. The highest BCUT2D eigenvalue weighted by Gasteiger charge is 2.35. The van der Waals surface area contributed by atoms with E-state index in [0.717, 1.165) is 35.3 Å². The first-order valence-corrected chi connectivity index (χ1v) is 14.7. The van der Waals surface area contributed by atoms with Gasteiger partial charge in [0.1, 0.15) is 12.2 Å². The van der Waals surface area contributed by atoms with Crippen molar-refractivity contribution >= 4 is 23.5 Å². The molecule has 3 aromatic rings. The molecule has 1 saturated heterocycles. The van der Waals surface area contributed by atoms with Gasteiger partial charge in [0.2, 0.25) is 5.91 Å². The lowest BCUT2D eigenvalue weighted by Gasteiger charge is -2.33. The van der Waals surface area contributed by atoms with E-state index in [0.29, 0.717) is 49.2 Å². The second-order valence-electron chi connectivity index (χ2n) is 10.4. The van der Waals surface area contributed by atoms with Crippen LogP contribution in [-0.4, -0.2) is 54.8 Å². The molecular formula is C32H37ClN2O6. The number of hydrogen-bond donors (Lipinski definition) is 0. The van der Waals surface area contributed by atoms with Gasteiger partial charge in [-0.3, -0.25) is 9.59 Å². The van der Waals surface area contributed by atoms with Gasteiger partial charge in [-0.15, -0.1) is 0 Å². The fourth-order valence-corrected chi connectivity index (χ4v) is 6.04. The summed E-state index contributed by atoms with van der Waals surface area (Å²) in [5.74, 6) is 1.31. The fraction of sp³-hybridized carbons (Fsp3) is 0.438. The Hall–Kier alpha value is -3.49. The highest BCUT2D eigenvalue weighted by molar-refractivity contribution is 6.30. The van der Waals surface area contributed by atoms with Crippen LogP contribution in [0.15, 0.2) is 54.7 Å². The van der Waals surface area contributed by atoms with E-state index in [9.17, 15) is 9.59 Å². The summed E-state index contributed by atoms with van der Waals surface area (Å²) < 4.78 is 25.8. The summed E-state index contributed by atoms with van der Waals surface area (Å²) in [6.45, 7) is 5.81. The van der Waals surface area contributed by atoms with E-state index in [4.69, 9.17) is 30.5 Å². The molecule has 2 unspecified atom stereocenters. The van der Waals surface area contributed by atoms with Crippen molar-refractivity contribution in [2.45, 2.75) is 51.7 Å². The van der Waals surface area contributed by atoms with Crippen LogP contribution in [-0.2, 0) is 19.1 Å². The van der Waals surface area contributed by atoms with Crippen LogP contribution in [0.1, 0.15) is 68.6 Å². The topological polar surface area (TPSA) is 79.2 Å². The number of rotatable bonds is 9. The molecule has 0 saturated carbocycles. The summed E-state index contributed by atoms with van der Waals surface area (Å²) in [7, 11) is 1.61. The van der Waals surface area contributed by atoms with Gasteiger partial charge in [0.05, 0.1) is 38.1 Å². The van der Waals surface area contributed by atoms with Crippen molar-refractivity contribution in [1.29, 1.82) is 0 Å². The van der Waals surface area contributed by atoms with Crippen LogP contribution < -0.4 is 9.47 Å². The van der Waals surface area contributed by atoms with E-state index in [1.54, 1.807) is 7.11 Å².